The van der Waals surface area contributed by atoms with Crippen molar-refractivity contribution in [2.45, 2.75) is 26.3 Å². The first kappa shape index (κ1) is 12.6. The number of hydrogen-bond donors (Lipinski definition) is 2. The van der Waals surface area contributed by atoms with E-state index in [1.807, 2.05) is 38.1 Å². The van der Waals surface area contributed by atoms with E-state index in [9.17, 15) is 4.79 Å². The fourth-order valence-electron chi connectivity index (χ4n) is 2.12. The number of aryl methyl sites for hydroxylation is 1. The molecule has 0 saturated carbocycles. The van der Waals surface area contributed by atoms with E-state index >= 15 is 0 Å². The smallest absolute Gasteiger partial charge is 0.221 e. The van der Waals surface area contributed by atoms with E-state index in [0.29, 0.717) is 13.0 Å². The number of hydrogen-bond acceptors (Lipinski definition) is 3. The third kappa shape index (κ3) is 2.38. The average molecular weight is 246 g/mol. The van der Waals surface area contributed by atoms with Gasteiger partial charge in [-0.2, -0.15) is 0 Å². The van der Waals surface area contributed by atoms with Gasteiger partial charge in [0.1, 0.15) is 11.3 Å². The van der Waals surface area contributed by atoms with E-state index < -0.39 is 0 Å². The zero-order valence-corrected chi connectivity index (χ0v) is 10.7. The normalized spacial score (nSPS) is 12.6. The molecule has 4 heteroatoms. The molecule has 0 saturated heterocycles. The Kier molecular flexibility index (Phi) is 3.67. The fourth-order valence-corrected chi connectivity index (χ4v) is 2.12. The highest BCUT2D eigenvalue weighted by Gasteiger charge is 2.17. The highest BCUT2D eigenvalue weighted by Crippen LogP contribution is 2.29. The highest BCUT2D eigenvalue weighted by molar-refractivity contribution is 5.82. The molecule has 0 radical (unpaired) electrons. The second-order valence-corrected chi connectivity index (χ2v) is 4.42. The molecule has 96 valence electrons. The molecule has 2 rings (SSSR count). The summed E-state index contributed by atoms with van der Waals surface area (Å²) in [6.45, 7) is 4.28. The lowest BCUT2D eigenvalue weighted by Gasteiger charge is -2.12. The number of para-hydroxylation sites is 1. The van der Waals surface area contributed by atoms with Gasteiger partial charge in [-0.05, 0) is 19.9 Å². The van der Waals surface area contributed by atoms with Crippen LogP contribution in [-0.4, -0.2) is 12.5 Å². The second-order valence-electron chi connectivity index (χ2n) is 4.42. The largest absolute Gasteiger partial charge is 0.459 e. The fraction of sp³-hybridized carbons (Fsp3) is 0.357. The Morgan fingerprint density at radius 2 is 2.17 bits per heavy atom. The SMILES string of the molecule is Cc1c(C(C)NC(=O)CCN)oc2ccccc12. The zero-order chi connectivity index (χ0) is 13.1. The van der Waals surface area contributed by atoms with Crippen LogP contribution in [0.5, 0.6) is 0 Å². The highest BCUT2D eigenvalue weighted by atomic mass is 16.3. The summed E-state index contributed by atoms with van der Waals surface area (Å²) in [7, 11) is 0. The summed E-state index contributed by atoms with van der Waals surface area (Å²) in [5.41, 5.74) is 7.28. The lowest BCUT2D eigenvalue weighted by Crippen LogP contribution is -2.28. The maximum atomic E-state index is 11.5. The number of carbonyl (C=O) groups is 1. The maximum Gasteiger partial charge on any atom is 0.221 e. The minimum Gasteiger partial charge on any atom is -0.459 e. The molecule has 1 amide bonds. The molecule has 1 aromatic heterocycles. The third-order valence-corrected chi connectivity index (χ3v) is 3.02. The molecule has 0 fully saturated rings. The van der Waals surface area contributed by atoms with Crippen LogP contribution < -0.4 is 11.1 Å². The predicted molar refractivity (Wildman–Crippen MR) is 71.2 cm³/mol. The molecule has 1 aromatic carbocycles. The van der Waals surface area contributed by atoms with Crippen molar-refractivity contribution >= 4 is 16.9 Å². The van der Waals surface area contributed by atoms with Gasteiger partial charge in [-0.15, -0.1) is 0 Å². The van der Waals surface area contributed by atoms with E-state index in [1.165, 1.54) is 0 Å². The third-order valence-electron chi connectivity index (χ3n) is 3.02. The monoisotopic (exact) mass is 246 g/mol. The van der Waals surface area contributed by atoms with Gasteiger partial charge in [0, 0.05) is 23.9 Å². The Labute approximate surface area is 106 Å². The zero-order valence-electron chi connectivity index (χ0n) is 10.7. The number of amides is 1. The summed E-state index contributed by atoms with van der Waals surface area (Å²) >= 11 is 0. The standard InChI is InChI=1S/C14H18N2O2/c1-9-11-5-3-4-6-12(11)18-14(9)10(2)16-13(17)7-8-15/h3-6,10H,7-8,15H2,1-2H3,(H,16,17). The Bertz CT molecular complexity index is 560. The number of nitrogens with one attached hydrogen (secondary N) is 1. The van der Waals surface area contributed by atoms with Crippen LogP contribution in [0.3, 0.4) is 0 Å². The summed E-state index contributed by atoms with van der Waals surface area (Å²) in [6, 6.07) is 7.72. The molecular weight excluding hydrogens is 228 g/mol. The molecule has 0 bridgehead atoms. The molecule has 2 aromatic rings. The molecule has 0 aliphatic rings. The van der Waals surface area contributed by atoms with Crippen LogP contribution in [0.4, 0.5) is 0 Å². The van der Waals surface area contributed by atoms with E-state index in [4.69, 9.17) is 10.2 Å². The summed E-state index contributed by atoms with van der Waals surface area (Å²) in [5, 5.41) is 3.98. The van der Waals surface area contributed by atoms with Gasteiger partial charge in [0.15, 0.2) is 0 Å². The van der Waals surface area contributed by atoms with Gasteiger partial charge in [-0.1, -0.05) is 18.2 Å². The molecule has 0 aliphatic carbocycles. The van der Waals surface area contributed by atoms with Crippen LogP contribution in [0, 0.1) is 6.92 Å². The summed E-state index contributed by atoms with van der Waals surface area (Å²) in [6.07, 6.45) is 0.337. The Balaban J connectivity index is 2.25. The van der Waals surface area contributed by atoms with Crippen molar-refractivity contribution in [3.05, 3.63) is 35.6 Å². The number of carbonyl (C=O) groups excluding carboxylic acids is 1. The van der Waals surface area contributed by atoms with Crippen molar-refractivity contribution in [1.82, 2.24) is 5.32 Å². The van der Waals surface area contributed by atoms with Crippen molar-refractivity contribution in [2.75, 3.05) is 6.54 Å². The lowest BCUT2D eigenvalue weighted by atomic mass is 10.1. The van der Waals surface area contributed by atoms with Crippen molar-refractivity contribution in [2.24, 2.45) is 5.73 Å². The number of benzene rings is 1. The van der Waals surface area contributed by atoms with Crippen LogP contribution in [-0.2, 0) is 4.79 Å². The Morgan fingerprint density at radius 3 is 2.83 bits per heavy atom. The molecule has 4 nitrogen and oxygen atoms in total. The van der Waals surface area contributed by atoms with E-state index in [-0.39, 0.29) is 11.9 Å². The summed E-state index contributed by atoms with van der Waals surface area (Å²) in [5.74, 6) is 0.756. The first-order valence-corrected chi connectivity index (χ1v) is 6.11. The molecular formula is C14H18N2O2. The molecule has 1 atom stereocenters. The van der Waals surface area contributed by atoms with Gasteiger partial charge in [-0.25, -0.2) is 0 Å². The van der Waals surface area contributed by atoms with Gasteiger partial charge in [0.2, 0.25) is 5.91 Å². The number of rotatable bonds is 4. The van der Waals surface area contributed by atoms with Crippen LogP contribution in [0.2, 0.25) is 0 Å². The van der Waals surface area contributed by atoms with Gasteiger partial charge in [-0.3, -0.25) is 4.79 Å². The summed E-state index contributed by atoms with van der Waals surface area (Å²) in [4.78, 5) is 11.5. The lowest BCUT2D eigenvalue weighted by molar-refractivity contribution is -0.121. The number of furan rings is 1. The van der Waals surface area contributed by atoms with Crippen LogP contribution in [0.1, 0.15) is 30.7 Å². The maximum absolute atomic E-state index is 11.5. The second kappa shape index (κ2) is 5.23. The van der Waals surface area contributed by atoms with Crippen LogP contribution in [0.25, 0.3) is 11.0 Å². The number of fused-ring (bicyclic) bond motifs is 1. The molecule has 18 heavy (non-hydrogen) atoms. The van der Waals surface area contributed by atoms with Gasteiger partial charge < -0.3 is 15.5 Å². The minimum atomic E-state index is -0.142. The summed E-state index contributed by atoms with van der Waals surface area (Å²) < 4.78 is 5.79. The number of nitrogens with two attached hydrogens (primary N) is 1. The quantitative estimate of drug-likeness (QED) is 0.869. The van der Waals surface area contributed by atoms with Crippen LogP contribution in [0.15, 0.2) is 28.7 Å². The van der Waals surface area contributed by atoms with Gasteiger partial charge >= 0.3 is 0 Å². The van der Waals surface area contributed by atoms with E-state index in [1.54, 1.807) is 0 Å². The molecule has 0 spiro atoms. The van der Waals surface area contributed by atoms with Crippen molar-refractivity contribution in [1.29, 1.82) is 0 Å². The van der Waals surface area contributed by atoms with Crippen LogP contribution >= 0.6 is 0 Å². The molecule has 1 unspecified atom stereocenters. The molecule has 0 aliphatic heterocycles. The average Bonchev–Trinajstić information content (AvgIpc) is 2.68. The Hall–Kier alpha value is -1.81. The van der Waals surface area contributed by atoms with Crippen molar-refractivity contribution < 1.29 is 9.21 Å². The van der Waals surface area contributed by atoms with Gasteiger partial charge in [0.25, 0.3) is 0 Å². The van der Waals surface area contributed by atoms with E-state index in [2.05, 4.69) is 5.32 Å². The predicted octanol–water partition coefficient (Wildman–Crippen LogP) is 2.27. The topological polar surface area (TPSA) is 68.3 Å². The minimum absolute atomic E-state index is 0.0511. The first-order chi connectivity index (χ1) is 8.63. The molecule has 1 heterocycles. The molecule has 3 N–H and O–H groups in total. The first-order valence-electron chi connectivity index (χ1n) is 6.11. The van der Waals surface area contributed by atoms with Gasteiger partial charge in [0.05, 0.1) is 6.04 Å². The Morgan fingerprint density at radius 1 is 1.44 bits per heavy atom. The van der Waals surface area contributed by atoms with E-state index in [0.717, 1.165) is 22.3 Å². The van der Waals surface area contributed by atoms with Crippen molar-refractivity contribution in [3.63, 3.8) is 0 Å². The van der Waals surface area contributed by atoms with Crippen molar-refractivity contribution in [3.8, 4) is 0 Å².